The minimum Gasteiger partial charge on any atom is -0.297 e. The number of hydrogen-bond donors (Lipinski definition) is 1. The zero-order valence-corrected chi connectivity index (χ0v) is 10.7. The molecule has 1 fully saturated rings. The first-order valence-corrected chi connectivity index (χ1v) is 6.50. The number of nitrogens with zero attached hydrogens (tertiary/aromatic N) is 1. The van der Waals surface area contributed by atoms with Crippen molar-refractivity contribution in [1.29, 1.82) is 0 Å². The van der Waals surface area contributed by atoms with Gasteiger partial charge in [0.25, 0.3) is 5.56 Å². The lowest BCUT2D eigenvalue weighted by molar-refractivity contribution is 0.414. The summed E-state index contributed by atoms with van der Waals surface area (Å²) in [6.07, 6.45) is 6.36. The van der Waals surface area contributed by atoms with E-state index in [0.717, 1.165) is 25.7 Å². The van der Waals surface area contributed by atoms with E-state index in [0.29, 0.717) is 5.56 Å². The molecule has 4 nitrogen and oxygen atoms in total. The van der Waals surface area contributed by atoms with Gasteiger partial charge < -0.3 is 0 Å². The van der Waals surface area contributed by atoms with E-state index in [-0.39, 0.29) is 22.4 Å². The topological polar surface area (TPSA) is 54.9 Å². The quantitative estimate of drug-likeness (QED) is 0.620. The zero-order chi connectivity index (χ0) is 12.4. The lowest BCUT2D eigenvalue weighted by Crippen LogP contribution is -2.39. The molecule has 5 heteroatoms. The molecule has 17 heavy (non-hydrogen) atoms. The summed E-state index contributed by atoms with van der Waals surface area (Å²) in [6.45, 7) is 1.65. The van der Waals surface area contributed by atoms with Crippen molar-refractivity contribution >= 4 is 11.6 Å². The summed E-state index contributed by atoms with van der Waals surface area (Å²) in [4.78, 5) is 26.5. The lowest BCUT2D eigenvalue weighted by atomic mass is 10.1. The van der Waals surface area contributed by atoms with Crippen LogP contribution in [0.25, 0.3) is 0 Å². The van der Waals surface area contributed by atoms with Crippen molar-refractivity contribution in [2.75, 3.05) is 0 Å². The Hall–Kier alpha value is -1.03. The van der Waals surface area contributed by atoms with Crippen LogP contribution in [-0.4, -0.2) is 9.55 Å². The van der Waals surface area contributed by atoms with Crippen LogP contribution in [0.3, 0.4) is 0 Å². The van der Waals surface area contributed by atoms with E-state index in [1.807, 2.05) is 0 Å². The SMILES string of the molecule is Cc1c(Cl)[nH]c(=O)n(C2CCCCCC2)c1=O. The fourth-order valence-corrected chi connectivity index (χ4v) is 2.62. The van der Waals surface area contributed by atoms with E-state index in [1.165, 1.54) is 17.4 Å². The molecule has 94 valence electrons. The van der Waals surface area contributed by atoms with Crippen LogP contribution < -0.4 is 11.2 Å². The van der Waals surface area contributed by atoms with E-state index < -0.39 is 0 Å². The first kappa shape index (κ1) is 12.4. The van der Waals surface area contributed by atoms with Gasteiger partial charge >= 0.3 is 5.69 Å². The summed E-state index contributed by atoms with van der Waals surface area (Å²) < 4.78 is 1.35. The highest BCUT2D eigenvalue weighted by Crippen LogP contribution is 2.25. The fraction of sp³-hybridized carbons (Fsp3) is 0.667. The molecule has 1 aliphatic rings. The van der Waals surface area contributed by atoms with Crippen molar-refractivity contribution in [2.45, 2.75) is 51.5 Å². The Kier molecular flexibility index (Phi) is 3.72. The Labute approximate surface area is 105 Å². The monoisotopic (exact) mass is 256 g/mol. The smallest absolute Gasteiger partial charge is 0.297 e. The Bertz CT molecular complexity index is 510. The maximum Gasteiger partial charge on any atom is 0.329 e. The number of hydrogen-bond acceptors (Lipinski definition) is 2. The van der Waals surface area contributed by atoms with Crippen molar-refractivity contribution in [3.63, 3.8) is 0 Å². The summed E-state index contributed by atoms with van der Waals surface area (Å²) in [5.41, 5.74) is -0.196. The van der Waals surface area contributed by atoms with Gasteiger partial charge in [-0.25, -0.2) is 4.79 Å². The van der Waals surface area contributed by atoms with Gasteiger partial charge in [-0.05, 0) is 19.8 Å². The average Bonchev–Trinajstić information content (AvgIpc) is 2.55. The second-order valence-electron chi connectivity index (χ2n) is 4.69. The number of rotatable bonds is 1. The first-order chi connectivity index (χ1) is 8.11. The predicted octanol–water partition coefficient (Wildman–Crippen LogP) is 2.39. The normalized spacial score (nSPS) is 18.0. The van der Waals surface area contributed by atoms with Gasteiger partial charge in [-0.1, -0.05) is 37.3 Å². The molecule has 1 aromatic heterocycles. The van der Waals surface area contributed by atoms with Crippen LogP contribution in [-0.2, 0) is 0 Å². The standard InChI is InChI=1S/C12H17ClN2O2/c1-8-10(13)14-12(17)15(11(8)16)9-6-4-2-3-5-7-9/h9H,2-7H2,1H3,(H,14,17). The number of H-pyrrole nitrogens is 1. The van der Waals surface area contributed by atoms with Crippen molar-refractivity contribution in [2.24, 2.45) is 0 Å². The van der Waals surface area contributed by atoms with Crippen LogP contribution in [0.1, 0.15) is 50.1 Å². The summed E-state index contributed by atoms with van der Waals surface area (Å²) in [7, 11) is 0. The molecule has 1 saturated carbocycles. The molecule has 0 amide bonds. The highest BCUT2D eigenvalue weighted by molar-refractivity contribution is 6.30. The number of nitrogens with one attached hydrogen (secondary N) is 1. The Morgan fingerprint density at radius 2 is 1.76 bits per heavy atom. The molecule has 0 aliphatic heterocycles. The summed E-state index contributed by atoms with van der Waals surface area (Å²) in [5, 5.41) is 0.157. The third-order valence-electron chi connectivity index (χ3n) is 3.49. The first-order valence-electron chi connectivity index (χ1n) is 6.12. The highest BCUT2D eigenvalue weighted by atomic mass is 35.5. The van der Waals surface area contributed by atoms with Gasteiger partial charge in [0.05, 0.1) is 0 Å². The lowest BCUT2D eigenvalue weighted by Gasteiger charge is -2.17. The summed E-state index contributed by atoms with van der Waals surface area (Å²) >= 11 is 5.79. The van der Waals surface area contributed by atoms with E-state index >= 15 is 0 Å². The van der Waals surface area contributed by atoms with Crippen LogP contribution >= 0.6 is 11.6 Å². The molecule has 0 aromatic carbocycles. The highest BCUT2D eigenvalue weighted by Gasteiger charge is 2.19. The van der Waals surface area contributed by atoms with Gasteiger partial charge in [0, 0.05) is 11.6 Å². The van der Waals surface area contributed by atoms with Gasteiger partial charge in [0.1, 0.15) is 5.15 Å². The molecule has 0 saturated heterocycles. The van der Waals surface area contributed by atoms with Crippen LogP contribution in [0.15, 0.2) is 9.59 Å². The minimum absolute atomic E-state index is 0.0321. The molecule has 0 radical (unpaired) electrons. The van der Waals surface area contributed by atoms with Crippen LogP contribution in [0, 0.1) is 6.92 Å². The van der Waals surface area contributed by atoms with E-state index in [9.17, 15) is 9.59 Å². The van der Waals surface area contributed by atoms with Gasteiger partial charge in [-0.3, -0.25) is 14.3 Å². The second-order valence-corrected chi connectivity index (χ2v) is 5.07. The molecule has 2 rings (SSSR count). The molecule has 0 bridgehead atoms. The third-order valence-corrected chi connectivity index (χ3v) is 3.87. The maximum atomic E-state index is 12.1. The van der Waals surface area contributed by atoms with Crippen molar-refractivity contribution in [1.82, 2.24) is 9.55 Å². The molecular weight excluding hydrogens is 240 g/mol. The molecule has 0 spiro atoms. The zero-order valence-electron chi connectivity index (χ0n) is 9.96. The van der Waals surface area contributed by atoms with Gasteiger partial charge in [-0.15, -0.1) is 0 Å². The molecule has 1 aliphatic carbocycles. The minimum atomic E-state index is -0.377. The van der Waals surface area contributed by atoms with Gasteiger partial charge in [-0.2, -0.15) is 0 Å². The van der Waals surface area contributed by atoms with Gasteiger partial charge in [0.15, 0.2) is 0 Å². The van der Waals surface area contributed by atoms with Crippen molar-refractivity contribution < 1.29 is 0 Å². The largest absolute Gasteiger partial charge is 0.329 e. The number of halogens is 1. The third kappa shape index (κ3) is 2.46. The maximum absolute atomic E-state index is 12.1. The van der Waals surface area contributed by atoms with Crippen molar-refractivity contribution in [3.8, 4) is 0 Å². The Morgan fingerprint density at radius 3 is 2.35 bits per heavy atom. The molecule has 1 heterocycles. The van der Waals surface area contributed by atoms with Crippen LogP contribution in [0.2, 0.25) is 5.15 Å². The molecule has 1 aromatic rings. The Balaban J connectivity index is 2.47. The fourth-order valence-electron chi connectivity index (χ4n) is 2.46. The van der Waals surface area contributed by atoms with Crippen molar-refractivity contribution in [3.05, 3.63) is 31.6 Å². The molecule has 1 N–H and O–H groups in total. The summed E-state index contributed by atoms with van der Waals surface area (Å²) in [6, 6.07) is 0.0321. The van der Waals surface area contributed by atoms with Crippen LogP contribution in [0.5, 0.6) is 0 Å². The summed E-state index contributed by atoms with van der Waals surface area (Å²) in [5.74, 6) is 0. The number of aromatic amines is 1. The second kappa shape index (κ2) is 5.08. The van der Waals surface area contributed by atoms with E-state index in [4.69, 9.17) is 11.6 Å². The molecule has 0 unspecified atom stereocenters. The van der Waals surface area contributed by atoms with E-state index in [2.05, 4.69) is 4.98 Å². The predicted molar refractivity (Wildman–Crippen MR) is 67.8 cm³/mol. The number of aromatic nitrogens is 2. The Morgan fingerprint density at radius 1 is 1.18 bits per heavy atom. The molecule has 0 atom stereocenters. The average molecular weight is 257 g/mol. The van der Waals surface area contributed by atoms with Gasteiger partial charge in [0.2, 0.25) is 0 Å². The van der Waals surface area contributed by atoms with E-state index in [1.54, 1.807) is 6.92 Å². The van der Waals surface area contributed by atoms with Crippen LogP contribution in [0.4, 0.5) is 0 Å². The molecular formula is C12H17ClN2O2.